The quantitative estimate of drug-likeness (QED) is 0.894. The number of nitrogens with zero attached hydrogens (tertiary/aromatic N) is 1. The lowest BCUT2D eigenvalue weighted by Crippen LogP contribution is -2.16. The highest BCUT2D eigenvalue weighted by Crippen LogP contribution is 2.22. The van der Waals surface area contributed by atoms with Crippen LogP contribution in [0.25, 0.3) is 0 Å². The third-order valence-electron chi connectivity index (χ3n) is 2.84. The molecule has 98 valence electrons. The number of halogens is 1. The molecule has 0 saturated carbocycles. The summed E-state index contributed by atoms with van der Waals surface area (Å²) in [6, 6.07) is 1.71. The van der Waals surface area contributed by atoms with E-state index in [9.17, 15) is 4.79 Å². The smallest absolute Gasteiger partial charge is 0.225 e. The van der Waals surface area contributed by atoms with Crippen molar-refractivity contribution in [3.8, 4) is 0 Å². The Bertz CT molecular complexity index is 433. The van der Waals surface area contributed by atoms with E-state index in [1.807, 2.05) is 0 Å². The Morgan fingerprint density at radius 1 is 1.67 bits per heavy atom. The van der Waals surface area contributed by atoms with Crippen LogP contribution in [0.2, 0.25) is 0 Å². The lowest BCUT2D eigenvalue weighted by Gasteiger charge is -2.10. The lowest BCUT2D eigenvalue weighted by atomic mass is 10.1. The van der Waals surface area contributed by atoms with Gasteiger partial charge in [0.15, 0.2) is 0 Å². The molecule has 0 aromatic carbocycles. The first kappa shape index (κ1) is 13.3. The number of carbonyl (C=O) groups excluding carboxylic acids is 1. The summed E-state index contributed by atoms with van der Waals surface area (Å²) in [6.45, 7) is 0.817. The van der Waals surface area contributed by atoms with Crippen LogP contribution in [-0.2, 0) is 9.53 Å². The first-order valence-corrected chi connectivity index (χ1v) is 6.77. The number of amides is 1. The third kappa shape index (κ3) is 3.68. The Hall–Kier alpha value is -1.14. The number of nitrogens with two attached hydrogens (primary N) is 1. The zero-order chi connectivity index (χ0) is 13.0. The average molecular weight is 314 g/mol. The fraction of sp³-hybridized carbons (Fsp3) is 0.500. The molecule has 1 aliphatic heterocycles. The number of hydrogen-bond donors (Lipinski definition) is 2. The summed E-state index contributed by atoms with van der Waals surface area (Å²) in [4.78, 5) is 15.8. The predicted molar refractivity (Wildman–Crippen MR) is 73.2 cm³/mol. The predicted octanol–water partition coefficient (Wildman–Crippen LogP) is 2.32. The van der Waals surface area contributed by atoms with Gasteiger partial charge in [0.1, 0.15) is 5.82 Å². The van der Waals surface area contributed by atoms with Gasteiger partial charge < -0.3 is 15.8 Å². The van der Waals surface area contributed by atoms with Crippen molar-refractivity contribution in [3.05, 3.63) is 16.7 Å². The Morgan fingerprint density at radius 2 is 2.50 bits per heavy atom. The number of carbonyl (C=O) groups is 1. The van der Waals surface area contributed by atoms with Crippen molar-refractivity contribution >= 4 is 33.3 Å². The molecule has 1 aliphatic rings. The van der Waals surface area contributed by atoms with Gasteiger partial charge in [-0.15, -0.1) is 0 Å². The molecule has 3 N–H and O–H groups in total. The summed E-state index contributed by atoms with van der Waals surface area (Å²) in [6.07, 6.45) is 5.11. The maximum absolute atomic E-state index is 11.7. The van der Waals surface area contributed by atoms with Gasteiger partial charge in [-0.1, -0.05) is 0 Å². The van der Waals surface area contributed by atoms with Crippen molar-refractivity contribution in [2.24, 2.45) is 0 Å². The van der Waals surface area contributed by atoms with Crippen molar-refractivity contribution in [1.29, 1.82) is 0 Å². The van der Waals surface area contributed by atoms with Crippen molar-refractivity contribution in [2.45, 2.75) is 31.8 Å². The topological polar surface area (TPSA) is 77.2 Å². The van der Waals surface area contributed by atoms with E-state index < -0.39 is 0 Å². The van der Waals surface area contributed by atoms with Gasteiger partial charge in [0.05, 0.1) is 22.5 Å². The zero-order valence-corrected chi connectivity index (χ0v) is 11.6. The molecule has 1 aromatic rings. The van der Waals surface area contributed by atoms with E-state index in [0.29, 0.717) is 22.4 Å². The number of nitrogens with one attached hydrogen (secondary N) is 1. The molecule has 0 bridgehead atoms. The molecule has 0 radical (unpaired) electrons. The molecule has 1 saturated heterocycles. The number of pyridine rings is 1. The van der Waals surface area contributed by atoms with E-state index in [1.165, 1.54) is 6.20 Å². The van der Waals surface area contributed by atoms with E-state index in [1.54, 1.807) is 6.07 Å². The van der Waals surface area contributed by atoms with Gasteiger partial charge in [0.2, 0.25) is 5.91 Å². The summed E-state index contributed by atoms with van der Waals surface area (Å²) in [5.74, 6) is 0.449. The highest BCUT2D eigenvalue weighted by molar-refractivity contribution is 9.10. The minimum atomic E-state index is -0.0523. The number of ether oxygens (including phenoxy) is 1. The third-order valence-corrected chi connectivity index (χ3v) is 3.44. The lowest BCUT2D eigenvalue weighted by molar-refractivity contribution is -0.116. The first-order valence-electron chi connectivity index (χ1n) is 5.97. The summed E-state index contributed by atoms with van der Waals surface area (Å²) < 4.78 is 6.16. The highest BCUT2D eigenvalue weighted by Gasteiger charge is 2.17. The van der Waals surface area contributed by atoms with Gasteiger partial charge in [0.25, 0.3) is 0 Å². The highest BCUT2D eigenvalue weighted by atomic mass is 79.9. The number of anilines is 2. The van der Waals surface area contributed by atoms with E-state index in [0.717, 1.165) is 25.9 Å². The van der Waals surface area contributed by atoms with Crippen molar-refractivity contribution < 1.29 is 9.53 Å². The van der Waals surface area contributed by atoms with E-state index >= 15 is 0 Å². The van der Waals surface area contributed by atoms with Crippen LogP contribution in [-0.4, -0.2) is 23.6 Å². The second kappa shape index (κ2) is 6.15. The second-order valence-corrected chi connectivity index (χ2v) is 5.18. The number of rotatable bonds is 4. The Balaban J connectivity index is 1.82. The van der Waals surface area contributed by atoms with Crippen molar-refractivity contribution in [3.63, 3.8) is 0 Å². The van der Waals surface area contributed by atoms with Gasteiger partial charge >= 0.3 is 0 Å². The maximum Gasteiger partial charge on any atom is 0.225 e. The molecular formula is C12H16BrN3O2. The van der Waals surface area contributed by atoms with Gasteiger partial charge in [-0.3, -0.25) is 4.79 Å². The van der Waals surface area contributed by atoms with Crippen LogP contribution in [0, 0.1) is 0 Å². The molecule has 2 heterocycles. The molecule has 1 aromatic heterocycles. The van der Waals surface area contributed by atoms with E-state index in [2.05, 4.69) is 26.2 Å². The number of aromatic nitrogens is 1. The molecule has 1 amide bonds. The number of nitrogen functional groups attached to an aromatic ring is 1. The van der Waals surface area contributed by atoms with Crippen LogP contribution in [0.3, 0.4) is 0 Å². The van der Waals surface area contributed by atoms with Crippen molar-refractivity contribution in [1.82, 2.24) is 4.98 Å². The monoisotopic (exact) mass is 313 g/mol. The van der Waals surface area contributed by atoms with E-state index in [-0.39, 0.29) is 12.0 Å². The van der Waals surface area contributed by atoms with Crippen LogP contribution >= 0.6 is 15.9 Å². The van der Waals surface area contributed by atoms with Crippen LogP contribution in [0.1, 0.15) is 25.7 Å². The SMILES string of the molecule is Nc1cnc(NC(=O)CCC2CCCO2)c(Br)c1. The summed E-state index contributed by atoms with van der Waals surface area (Å²) >= 11 is 3.31. The molecule has 2 rings (SSSR count). The average Bonchev–Trinajstić information content (AvgIpc) is 2.83. The summed E-state index contributed by atoms with van der Waals surface area (Å²) in [7, 11) is 0. The zero-order valence-electron chi connectivity index (χ0n) is 9.99. The first-order chi connectivity index (χ1) is 8.65. The standard InChI is InChI=1S/C12H16BrN3O2/c13-10-6-8(14)7-15-12(10)16-11(17)4-3-9-2-1-5-18-9/h6-7,9H,1-5,14H2,(H,15,16,17). The Morgan fingerprint density at radius 3 is 3.17 bits per heavy atom. The van der Waals surface area contributed by atoms with Gasteiger partial charge in [0, 0.05) is 13.0 Å². The Kier molecular flexibility index (Phi) is 4.54. The molecule has 18 heavy (non-hydrogen) atoms. The van der Waals surface area contributed by atoms with Crippen LogP contribution in [0.4, 0.5) is 11.5 Å². The largest absolute Gasteiger partial charge is 0.397 e. The summed E-state index contributed by atoms with van der Waals surface area (Å²) in [5.41, 5.74) is 6.13. The van der Waals surface area contributed by atoms with E-state index in [4.69, 9.17) is 10.5 Å². The molecule has 1 fully saturated rings. The van der Waals surface area contributed by atoms with Gasteiger partial charge in [-0.2, -0.15) is 0 Å². The minimum absolute atomic E-state index is 0.0523. The van der Waals surface area contributed by atoms with Crippen molar-refractivity contribution in [2.75, 3.05) is 17.7 Å². The molecule has 0 spiro atoms. The van der Waals surface area contributed by atoms with Gasteiger partial charge in [-0.05, 0) is 41.3 Å². The van der Waals surface area contributed by atoms with Crippen LogP contribution < -0.4 is 11.1 Å². The molecule has 6 heteroatoms. The Labute approximate surface area is 114 Å². The maximum atomic E-state index is 11.7. The van der Waals surface area contributed by atoms with Crippen LogP contribution in [0.5, 0.6) is 0 Å². The molecular weight excluding hydrogens is 298 g/mol. The minimum Gasteiger partial charge on any atom is -0.397 e. The normalized spacial score (nSPS) is 18.8. The van der Waals surface area contributed by atoms with Gasteiger partial charge in [-0.25, -0.2) is 4.98 Å². The fourth-order valence-corrected chi connectivity index (χ4v) is 2.37. The second-order valence-electron chi connectivity index (χ2n) is 4.32. The number of hydrogen-bond acceptors (Lipinski definition) is 4. The molecule has 0 aliphatic carbocycles. The molecule has 1 atom stereocenters. The molecule has 1 unspecified atom stereocenters. The fourth-order valence-electron chi connectivity index (χ4n) is 1.90. The summed E-state index contributed by atoms with van der Waals surface area (Å²) in [5, 5.41) is 2.75. The van der Waals surface area contributed by atoms with Crippen LogP contribution in [0.15, 0.2) is 16.7 Å². The molecule has 5 nitrogen and oxygen atoms in total.